The second-order valence-electron chi connectivity index (χ2n) is 2.02. The van der Waals surface area contributed by atoms with E-state index in [0.29, 0.717) is 4.73 Å². The van der Waals surface area contributed by atoms with E-state index < -0.39 is 10.9 Å². The van der Waals surface area contributed by atoms with Crippen LogP contribution in [0.2, 0.25) is 0 Å². The highest BCUT2D eigenvalue weighted by Gasteiger charge is 2.18. The molecular formula is C6H5BrN4O2. The average Bonchev–Trinajstić information content (AvgIpc) is 2.44. The van der Waals surface area contributed by atoms with Crippen LogP contribution in [0.5, 0.6) is 0 Å². The Balaban J connectivity index is 2.94. The molecule has 0 saturated heterocycles. The highest BCUT2D eigenvalue weighted by Crippen LogP contribution is 2.11. The van der Waals surface area contributed by atoms with Crippen LogP contribution in [0.4, 0.5) is 5.95 Å². The smallest absolute Gasteiger partial charge is 0.390 e. The van der Waals surface area contributed by atoms with Crippen molar-refractivity contribution in [2.75, 3.05) is 0 Å². The van der Waals surface area contributed by atoms with Crippen LogP contribution >= 0.6 is 15.9 Å². The Kier molecular flexibility index (Phi) is 2.97. The lowest BCUT2D eigenvalue weighted by molar-refractivity contribution is -0.394. The predicted octanol–water partition coefficient (Wildman–Crippen LogP) is 0.972. The summed E-state index contributed by atoms with van der Waals surface area (Å²) in [7, 11) is 0. The summed E-state index contributed by atoms with van der Waals surface area (Å²) in [5.41, 5.74) is 0. The Labute approximate surface area is 82.2 Å². The molecule has 0 aliphatic rings. The van der Waals surface area contributed by atoms with E-state index in [0.717, 1.165) is 0 Å². The zero-order valence-corrected chi connectivity index (χ0v) is 8.28. The third kappa shape index (κ3) is 2.26. The molecule has 7 heteroatoms. The minimum absolute atomic E-state index is 0.290. The van der Waals surface area contributed by atoms with Crippen molar-refractivity contribution in [1.29, 1.82) is 0 Å². The molecule has 0 amide bonds. The first-order valence-corrected chi connectivity index (χ1v) is 4.08. The van der Waals surface area contributed by atoms with Gasteiger partial charge in [0.15, 0.2) is 0 Å². The summed E-state index contributed by atoms with van der Waals surface area (Å²) in [5, 5.41) is 13.9. The molecule has 0 aromatic carbocycles. The molecule has 68 valence electrons. The summed E-state index contributed by atoms with van der Waals surface area (Å²) in [6, 6.07) is 0. The number of aromatic nitrogens is 3. The molecule has 0 radical (unpaired) electrons. The normalized spacial score (nSPS) is 9.08. The van der Waals surface area contributed by atoms with Gasteiger partial charge in [-0.1, -0.05) is 5.92 Å². The van der Waals surface area contributed by atoms with Crippen molar-refractivity contribution in [3.63, 3.8) is 0 Å². The van der Waals surface area contributed by atoms with Crippen molar-refractivity contribution in [3.05, 3.63) is 14.8 Å². The zero-order chi connectivity index (χ0) is 9.84. The summed E-state index contributed by atoms with van der Waals surface area (Å²) in [6.45, 7) is 1.97. The van der Waals surface area contributed by atoms with E-state index in [1.807, 2.05) is 0 Å². The Morgan fingerprint density at radius 2 is 2.46 bits per heavy atom. The molecule has 1 heterocycles. The van der Waals surface area contributed by atoms with Gasteiger partial charge in [0.05, 0.1) is 0 Å². The second-order valence-corrected chi connectivity index (χ2v) is 2.73. The van der Waals surface area contributed by atoms with Gasteiger partial charge in [0, 0.05) is 21.0 Å². The van der Waals surface area contributed by atoms with Crippen LogP contribution in [0.1, 0.15) is 6.92 Å². The average molecular weight is 245 g/mol. The van der Waals surface area contributed by atoms with E-state index >= 15 is 0 Å². The molecule has 1 aromatic heterocycles. The van der Waals surface area contributed by atoms with Crippen LogP contribution in [-0.2, 0) is 6.54 Å². The molecule has 0 bridgehead atoms. The quantitative estimate of drug-likeness (QED) is 0.442. The summed E-state index contributed by atoms with van der Waals surface area (Å²) >= 11 is 3.03. The maximum Gasteiger partial charge on any atom is 0.492 e. The molecule has 0 atom stereocenters. The molecule has 0 saturated carbocycles. The molecule has 0 fully saturated rings. The molecule has 0 unspecified atom stereocenters. The van der Waals surface area contributed by atoms with E-state index in [1.54, 1.807) is 6.92 Å². The highest BCUT2D eigenvalue weighted by atomic mass is 79.9. The molecule has 0 aliphatic heterocycles. The van der Waals surface area contributed by atoms with Gasteiger partial charge >= 0.3 is 5.95 Å². The SMILES string of the molecule is CC#CCn1nc([N+](=O)[O-])nc1Br. The van der Waals surface area contributed by atoms with Gasteiger partial charge in [-0.05, 0) is 16.8 Å². The lowest BCUT2D eigenvalue weighted by Gasteiger charge is -1.85. The summed E-state index contributed by atoms with van der Waals surface area (Å²) < 4.78 is 1.62. The topological polar surface area (TPSA) is 73.8 Å². The molecule has 1 rings (SSSR count). The Bertz CT molecular complexity index is 389. The molecular weight excluding hydrogens is 240 g/mol. The van der Waals surface area contributed by atoms with E-state index in [4.69, 9.17) is 0 Å². The van der Waals surface area contributed by atoms with Crippen molar-refractivity contribution in [3.8, 4) is 11.8 Å². The molecule has 0 aliphatic carbocycles. The Morgan fingerprint density at radius 3 is 2.92 bits per heavy atom. The van der Waals surface area contributed by atoms with Gasteiger partial charge in [0.25, 0.3) is 4.73 Å². The van der Waals surface area contributed by atoms with Gasteiger partial charge in [0.1, 0.15) is 6.54 Å². The van der Waals surface area contributed by atoms with Crippen LogP contribution in [0.3, 0.4) is 0 Å². The number of nitro groups is 1. The molecule has 0 spiro atoms. The lowest BCUT2D eigenvalue weighted by atomic mass is 10.6. The predicted molar refractivity (Wildman–Crippen MR) is 47.8 cm³/mol. The summed E-state index contributed by atoms with van der Waals surface area (Å²) in [6.07, 6.45) is 0. The maximum atomic E-state index is 10.3. The van der Waals surface area contributed by atoms with Gasteiger partial charge in [0.2, 0.25) is 0 Å². The van der Waals surface area contributed by atoms with Gasteiger partial charge in [-0.2, -0.15) is 0 Å². The number of nitrogens with zero attached hydrogens (tertiary/aromatic N) is 4. The van der Waals surface area contributed by atoms with Gasteiger partial charge < -0.3 is 10.1 Å². The minimum atomic E-state index is -0.652. The lowest BCUT2D eigenvalue weighted by Crippen LogP contribution is -1.99. The first-order valence-electron chi connectivity index (χ1n) is 3.29. The third-order valence-corrected chi connectivity index (χ3v) is 1.77. The fourth-order valence-electron chi connectivity index (χ4n) is 0.644. The fraction of sp³-hybridized carbons (Fsp3) is 0.333. The summed E-state index contributed by atoms with van der Waals surface area (Å²) in [5.74, 6) is 4.94. The van der Waals surface area contributed by atoms with Crippen molar-refractivity contribution in [2.24, 2.45) is 0 Å². The van der Waals surface area contributed by atoms with Crippen LogP contribution in [0, 0.1) is 22.0 Å². The minimum Gasteiger partial charge on any atom is -0.390 e. The van der Waals surface area contributed by atoms with Gasteiger partial charge in [-0.3, -0.25) is 0 Å². The highest BCUT2D eigenvalue weighted by molar-refractivity contribution is 9.10. The van der Waals surface area contributed by atoms with E-state index in [1.165, 1.54) is 4.68 Å². The van der Waals surface area contributed by atoms with Crippen LogP contribution in [0.15, 0.2) is 4.73 Å². The Hall–Kier alpha value is -1.42. The summed E-state index contributed by atoms with van der Waals surface area (Å²) in [4.78, 5) is 13.2. The van der Waals surface area contributed by atoms with Crippen molar-refractivity contribution in [1.82, 2.24) is 14.8 Å². The number of hydrogen-bond acceptors (Lipinski definition) is 4. The number of hydrogen-bond donors (Lipinski definition) is 0. The van der Waals surface area contributed by atoms with Crippen molar-refractivity contribution >= 4 is 21.9 Å². The monoisotopic (exact) mass is 244 g/mol. The maximum absolute atomic E-state index is 10.3. The first kappa shape index (κ1) is 9.67. The fourth-order valence-corrected chi connectivity index (χ4v) is 1.01. The number of halogens is 1. The molecule has 0 N–H and O–H groups in total. The third-order valence-electron chi connectivity index (χ3n) is 1.18. The van der Waals surface area contributed by atoms with E-state index in [2.05, 4.69) is 37.9 Å². The van der Waals surface area contributed by atoms with Gasteiger partial charge in [-0.15, -0.1) is 10.6 Å². The first-order chi connectivity index (χ1) is 6.15. The Morgan fingerprint density at radius 1 is 1.77 bits per heavy atom. The largest absolute Gasteiger partial charge is 0.492 e. The van der Waals surface area contributed by atoms with E-state index in [9.17, 15) is 10.1 Å². The van der Waals surface area contributed by atoms with E-state index in [-0.39, 0.29) is 6.54 Å². The number of rotatable bonds is 2. The van der Waals surface area contributed by atoms with Crippen LogP contribution in [-0.4, -0.2) is 19.7 Å². The van der Waals surface area contributed by atoms with Crippen LogP contribution < -0.4 is 0 Å². The molecule has 1 aromatic rings. The van der Waals surface area contributed by atoms with Crippen LogP contribution in [0.25, 0.3) is 0 Å². The zero-order valence-electron chi connectivity index (χ0n) is 6.69. The van der Waals surface area contributed by atoms with Gasteiger partial charge in [-0.25, -0.2) is 0 Å². The van der Waals surface area contributed by atoms with Crippen molar-refractivity contribution < 1.29 is 4.92 Å². The second kappa shape index (κ2) is 4.00. The molecule has 13 heavy (non-hydrogen) atoms. The molecule has 6 nitrogen and oxygen atoms in total. The van der Waals surface area contributed by atoms with Crippen molar-refractivity contribution in [2.45, 2.75) is 13.5 Å². The standard InChI is InChI=1S/C6H5BrN4O2/c1-2-3-4-10-5(7)8-6(9-10)11(12)13/h4H2,1H3.